The summed E-state index contributed by atoms with van der Waals surface area (Å²) in [5.41, 5.74) is 6.82. The average molecular weight is 363 g/mol. The number of benzene rings is 1. The van der Waals surface area contributed by atoms with Crippen LogP contribution in [0.3, 0.4) is 0 Å². The Balaban J connectivity index is 1.62. The molecule has 0 bridgehead atoms. The number of rotatable bonds is 4. The molecule has 1 aliphatic rings. The number of anilines is 1. The van der Waals surface area contributed by atoms with Crippen LogP contribution in [-0.2, 0) is 6.54 Å². The molecule has 0 radical (unpaired) electrons. The number of aromatic nitrogens is 4. The second kappa shape index (κ2) is 7.19. The molecule has 1 fully saturated rings. The van der Waals surface area contributed by atoms with Crippen molar-refractivity contribution in [1.29, 1.82) is 0 Å². The normalized spacial score (nSPS) is 14.5. The van der Waals surface area contributed by atoms with E-state index in [1.807, 2.05) is 30.3 Å². The molecule has 4 rings (SSSR count). The lowest BCUT2D eigenvalue weighted by Gasteiger charge is -2.16. The van der Waals surface area contributed by atoms with Crippen LogP contribution >= 0.6 is 0 Å². The second-order valence-corrected chi connectivity index (χ2v) is 6.85. The lowest BCUT2D eigenvalue weighted by atomic mass is 10.1. The van der Waals surface area contributed by atoms with Crippen molar-refractivity contribution in [2.45, 2.75) is 38.3 Å². The molecule has 0 unspecified atom stereocenters. The minimum atomic E-state index is -0.627. The van der Waals surface area contributed by atoms with Crippen LogP contribution in [0.4, 0.5) is 5.82 Å². The van der Waals surface area contributed by atoms with Crippen molar-refractivity contribution in [2.75, 3.05) is 5.73 Å². The fourth-order valence-corrected chi connectivity index (χ4v) is 3.59. The summed E-state index contributed by atoms with van der Waals surface area (Å²) < 4.78 is 2.74. The molecule has 1 saturated carbocycles. The summed E-state index contributed by atoms with van der Waals surface area (Å²) in [5, 5.41) is 0. The molecule has 0 atom stereocenters. The first-order valence-corrected chi connectivity index (χ1v) is 9.11. The van der Waals surface area contributed by atoms with Crippen molar-refractivity contribution < 1.29 is 0 Å². The summed E-state index contributed by atoms with van der Waals surface area (Å²) in [5.74, 6) is 0.684. The van der Waals surface area contributed by atoms with E-state index >= 15 is 0 Å². The highest BCUT2D eigenvalue weighted by atomic mass is 16.2. The molecule has 0 spiro atoms. The van der Waals surface area contributed by atoms with E-state index in [0.717, 1.165) is 36.8 Å². The van der Waals surface area contributed by atoms with E-state index in [1.165, 1.54) is 9.13 Å². The van der Waals surface area contributed by atoms with E-state index < -0.39 is 11.1 Å². The minimum Gasteiger partial charge on any atom is -0.384 e. The van der Waals surface area contributed by atoms with Crippen molar-refractivity contribution in [3.8, 4) is 11.1 Å². The highest BCUT2D eigenvalue weighted by Gasteiger charge is 2.21. The standard InChI is InChI=1S/C20H21N5O2/c21-17-12-24(16-8-4-5-9-16)19(26)20(27)25(17)13-18-22-10-15(11-23-18)14-6-2-1-3-7-14/h1-3,6-7,10-12,16H,4-5,8-9,13,21H2. The van der Waals surface area contributed by atoms with Crippen LogP contribution in [0.2, 0.25) is 0 Å². The maximum absolute atomic E-state index is 12.6. The molecule has 1 aliphatic carbocycles. The number of nitrogen functional groups attached to an aromatic ring is 1. The Kier molecular flexibility index (Phi) is 4.58. The van der Waals surface area contributed by atoms with Crippen LogP contribution in [0.15, 0.2) is 58.5 Å². The zero-order valence-corrected chi connectivity index (χ0v) is 14.9. The van der Waals surface area contributed by atoms with Crippen LogP contribution < -0.4 is 16.9 Å². The van der Waals surface area contributed by atoms with Gasteiger partial charge in [-0.3, -0.25) is 14.2 Å². The highest BCUT2D eigenvalue weighted by Crippen LogP contribution is 2.28. The lowest BCUT2D eigenvalue weighted by molar-refractivity contribution is 0.489. The third-order valence-corrected chi connectivity index (χ3v) is 5.08. The van der Waals surface area contributed by atoms with Gasteiger partial charge in [0.25, 0.3) is 0 Å². The van der Waals surface area contributed by atoms with Gasteiger partial charge in [0.15, 0.2) is 0 Å². The lowest BCUT2D eigenvalue weighted by Crippen LogP contribution is -2.43. The Hall–Kier alpha value is -3.22. The summed E-state index contributed by atoms with van der Waals surface area (Å²) in [6.07, 6.45) is 8.96. The summed E-state index contributed by atoms with van der Waals surface area (Å²) in [6.45, 7) is 0.0699. The Morgan fingerprint density at radius 3 is 2.30 bits per heavy atom. The van der Waals surface area contributed by atoms with Crippen LogP contribution in [0, 0.1) is 0 Å². The predicted octanol–water partition coefficient (Wildman–Crippen LogP) is 2.21. The minimum absolute atomic E-state index is 0.0699. The maximum Gasteiger partial charge on any atom is 0.318 e. The van der Waals surface area contributed by atoms with Crippen molar-refractivity contribution in [2.24, 2.45) is 0 Å². The molecule has 138 valence electrons. The van der Waals surface area contributed by atoms with Crippen LogP contribution in [0.5, 0.6) is 0 Å². The van der Waals surface area contributed by atoms with Crippen molar-refractivity contribution >= 4 is 5.82 Å². The van der Waals surface area contributed by atoms with Gasteiger partial charge in [0.05, 0.1) is 6.54 Å². The summed E-state index contributed by atoms with van der Waals surface area (Å²) in [4.78, 5) is 33.7. The summed E-state index contributed by atoms with van der Waals surface area (Å²) in [7, 11) is 0. The Morgan fingerprint density at radius 1 is 0.963 bits per heavy atom. The quantitative estimate of drug-likeness (QED) is 0.717. The molecular weight excluding hydrogens is 342 g/mol. The Labute approximate surface area is 156 Å². The van der Waals surface area contributed by atoms with Gasteiger partial charge in [-0.05, 0) is 18.4 Å². The number of hydrogen-bond acceptors (Lipinski definition) is 5. The van der Waals surface area contributed by atoms with E-state index in [0.29, 0.717) is 5.82 Å². The van der Waals surface area contributed by atoms with Gasteiger partial charge in [-0.1, -0.05) is 43.2 Å². The van der Waals surface area contributed by atoms with E-state index in [4.69, 9.17) is 5.73 Å². The smallest absolute Gasteiger partial charge is 0.318 e. The fraction of sp³-hybridized carbons (Fsp3) is 0.300. The largest absolute Gasteiger partial charge is 0.384 e. The molecule has 2 aromatic heterocycles. The third kappa shape index (κ3) is 3.40. The van der Waals surface area contributed by atoms with Gasteiger partial charge in [-0.25, -0.2) is 9.97 Å². The SMILES string of the molecule is Nc1cn(C2CCCC2)c(=O)c(=O)n1Cc1ncc(-c2ccccc2)cn1. The fourth-order valence-electron chi connectivity index (χ4n) is 3.59. The van der Waals surface area contributed by atoms with E-state index in [1.54, 1.807) is 18.6 Å². The predicted molar refractivity (Wildman–Crippen MR) is 103 cm³/mol. The Morgan fingerprint density at radius 2 is 1.63 bits per heavy atom. The van der Waals surface area contributed by atoms with Gasteiger partial charge in [0.2, 0.25) is 0 Å². The molecule has 2 N–H and O–H groups in total. The van der Waals surface area contributed by atoms with Gasteiger partial charge in [-0.15, -0.1) is 0 Å². The molecular formula is C20H21N5O2. The van der Waals surface area contributed by atoms with Crippen molar-refractivity contribution in [1.82, 2.24) is 19.1 Å². The molecule has 3 aromatic rings. The zero-order valence-electron chi connectivity index (χ0n) is 14.9. The number of nitrogens with zero attached hydrogens (tertiary/aromatic N) is 4. The van der Waals surface area contributed by atoms with E-state index in [9.17, 15) is 9.59 Å². The molecule has 0 amide bonds. The van der Waals surface area contributed by atoms with Gasteiger partial charge < -0.3 is 10.3 Å². The molecule has 0 aliphatic heterocycles. The molecule has 7 nitrogen and oxygen atoms in total. The van der Waals surface area contributed by atoms with Crippen molar-refractivity contribution in [3.63, 3.8) is 0 Å². The second-order valence-electron chi connectivity index (χ2n) is 6.85. The maximum atomic E-state index is 12.6. The topological polar surface area (TPSA) is 95.8 Å². The molecule has 1 aromatic carbocycles. The van der Waals surface area contributed by atoms with Crippen LogP contribution in [0.25, 0.3) is 11.1 Å². The Bertz CT molecular complexity index is 1050. The zero-order chi connectivity index (χ0) is 18.8. The molecule has 27 heavy (non-hydrogen) atoms. The highest BCUT2D eigenvalue weighted by molar-refractivity contribution is 5.60. The van der Waals surface area contributed by atoms with E-state index in [-0.39, 0.29) is 18.4 Å². The van der Waals surface area contributed by atoms with Crippen molar-refractivity contribution in [3.05, 3.63) is 75.5 Å². The first kappa shape index (κ1) is 17.2. The third-order valence-electron chi connectivity index (χ3n) is 5.08. The van der Waals surface area contributed by atoms with Gasteiger partial charge in [0.1, 0.15) is 11.6 Å². The number of hydrogen-bond donors (Lipinski definition) is 1. The monoisotopic (exact) mass is 363 g/mol. The van der Waals surface area contributed by atoms with Gasteiger partial charge in [0, 0.05) is 30.2 Å². The first-order chi connectivity index (χ1) is 13.1. The first-order valence-electron chi connectivity index (χ1n) is 9.11. The molecule has 0 saturated heterocycles. The van der Waals surface area contributed by atoms with Crippen LogP contribution in [-0.4, -0.2) is 19.1 Å². The molecule has 2 heterocycles. The van der Waals surface area contributed by atoms with Gasteiger partial charge >= 0.3 is 11.1 Å². The van der Waals surface area contributed by atoms with Crippen LogP contribution in [0.1, 0.15) is 37.5 Å². The number of nitrogens with two attached hydrogens (primary N) is 1. The van der Waals surface area contributed by atoms with E-state index in [2.05, 4.69) is 9.97 Å². The average Bonchev–Trinajstić information content (AvgIpc) is 3.24. The summed E-state index contributed by atoms with van der Waals surface area (Å²) in [6, 6.07) is 9.86. The molecule has 7 heteroatoms. The summed E-state index contributed by atoms with van der Waals surface area (Å²) >= 11 is 0. The van der Waals surface area contributed by atoms with Gasteiger partial charge in [-0.2, -0.15) is 0 Å².